The highest BCUT2D eigenvalue weighted by atomic mass is 35.5. The van der Waals surface area contributed by atoms with Gasteiger partial charge in [0.1, 0.15) is 0 Å². The zero-order chi connectivity index (χ0) is 18.1. The Morgan fingerprint density at radius 1 is 0.880 bits per heavy atom. The second kappa shape index (κ2) is 9.69. The van der Waals surface area contributed by atoms with Crippen molar-refractivity contribution in [2.24, 2.45) is 0 Å². The molecule has 0 bridgehead atoms. The molecule has 2 aromatic carbocycles. The Labute approximate surface area is 152 Å². The molecule has 25 heavy (non-hydrogen) atoms. The zero-order valence-corrected chi connectivity index (χ0v) is 14.7. The van der Waals surface area contributed by atoms with Crippen LogP contribution in [0.25, 0.3) is 0 Å². The largest absolute Gasteiger partial charge is 0.399 e. The molecule has 4 N–H and O–H groups in total. The lowest BCUT2D eigenvalue weighted by Gasteiger charge is -2.07. The summed E-state index contributed by atoms with van der Waals surface area (Å²) in [6, 6.07) is 14.2. The molecule has 0 saturated carbocycles. The fourth-order valence-electron chi connectivity index (χ4n) is 2.36. The minimum Gasteiger partial charge on any atom is -0.399 e. The van der Waals surface area contributed by atoms with E-state index in [1.165, 1.54) is 0 Å². The molecule has 0 aliphatic rings. The van der Waals surface area contributed by atoms with Crippen LogP contribution in [0.3, 0.4) is 0 Å². The number of benzene rings is 2. The van der Waals surface area contributed by atoms with Gasteiger partial charge in [0.25, 0.3) is 0 Å². The maximum atomic E-state index is 11.9. The number of nitrogen functional groups attached to an aromatic ring is 1. The van der Waals surface area contributed by atoms with E-state index in [2.05, 4.69) is 10.6 Å². The van der Waals surface area contributed by atoms with E-state index in [0.717, 1.165) is 19.3 Å². The molecular formula is C19H22ClN3O2. The number of unbranched alkanes of at least 4 members (excludes halogenated alkanes) is 2. The number of carbonyl (C=O) groups excluding carboxylic acids is 2. The number of halogens is 1. The third-order valence-corrected chi connectivity index (χ3v) is 3.96. The van der Waals surface area contributed by atoms with E-state index in [9.17, 15) is 9.59 Å². The third kappa shape index (κ3) is 6.85. The Morgan fingerprint density at radius 2 is 1.56 bits per heavy atom. The highest BCUT2D eigenvalue weighted by Crippen LogP contribution is 2.20. The molecule has 0 aliphatic heterocycles. The summed E-state index contributed by atoms with van der Waals surface area (Å²) in [6.45, 7) is 0. The molecule has 0 fully saturated rings. The molecule has 0 saturated heterocycles. The van der Waals surface area contributed by atoms with Crippen molar-refractivity contribution in [3.63, 3.8) is 0 Å². The van der Waals surface area contributed by atoms with Crippen LogP contribution in [-0.2, 0) is 9.59 Å². The molecule has 0 spiro atoms. The van der Waals surface area contributed by atoms with Crippen LogP contribution in [0.15, 0.2) is 48.5 Å². The Hall–Kier alpha value is -2.53. The molecule has 2 amide bonds. The molecule has 0 aromatic heterocycles. The highest BCUT2D eigenvalue weighted by molar-refractivity contribution is 6.33. The first-order valence-corrected chi connectivity index (χ1v) is 8.62. The number of anilines is 3. The summed E-state index contributed by atoms with van der Waals surface area (Å²) in [5, 5.41) is 6.12. The molecule has 0 unspecified atom stereocenters. The second-order valence-corrected chi connectivity index (χ2v) is 6.17. The van der Waals surface area contributed by atoms with E-state index in [4.69, 9.17) is 17.3 Å². The summed E-state index contributed by atoms with van der Waals surface area (Å²) in [7, 11) is 0. The van der Waals surface area contributed by atoms with Crippen LogP contribution in [-0.4, -0.2) is 11.8 Å². The summed E-state index contributed by atoms with van der Waals surface area (Å²) in [5.41, 5.74) is 7.60. The van der Waals surface area contributed by atoms with Gasteiger partial charge in [-0.2, -0.15) is 0 Å². The topological polar surface area (TPSA) is 84.2 Å². The molecule has 5 nitrogen and oxygen atoms in total. The number of para-hydroxylation sites is 1. The minimum absolute atomic E-state index is 0.0499. The van der Waals surface area contributed by atoms with E-state index in [1.807, 2.05) is 12.1 Å². The Kier molecular flexibility index (Phi) is 7.29. The van der Waals surface area contributed by atoms with Crippen molar-refractivity contribution in [3.05, 3.63) is 53.6 Å². The molecule has 0 aliphatic carbocycles. The van der Waals surface area contributed by atoms with E-state index in [1.54, 1.807) is 36.4 Å². The van der Waals surface area contributed by atoms with Crippen LogP contribution in [0.2, 0.25) is 5.02 Å². The first-order valence-electron chi connectivity index (χ1n) is 8.24. The smallest absolute Gasteiger partial charge is 0.224 e. The van der Waals surface area contributed by atoms with Gasteiger partial charge >= 0.3 is 0 Å². The Morgan fingerprint density at radius 3 is 2.24 bits per heavy atom. The van der Waals surface area contributed by atoms with Crippen LogP contribution in [0.1, 0.15) is 32.1 Å². The van der Waals surface area contributed by atoms with Gasteiger partial charge in [-0.25, -0.2) is 0 Å². The lowest BCUT2D eigenvalue weighted by Crippen LogP contribution is -2.12. The van der Waals surface area contributed by atoms with E-state index in [0.29, 0.717) is 34.9 Å². The van der Waals surface area contributed by atoms with Crippen LogP contribution >= 0.6 is 11.6 Å². The molecule has 0 radical (unpaired) electrons. The van der Waals surface area contributed by atoms with E-state index >= 15 is 0 Å². The molecule has 0 atom stereocenters. The third-order valence-electron chi connectivity index (χ3n) is 3.63. The van der Waals surface area contributed by atoms with Gasteiger partial charge in [0.05, 0.1) is 10.7 Å². The number of hydrogen-bond donors (Lipinski definition) is 3. The van der Waals surface area contributed by atoms with Gasteiger partial charge in [-0.15, -0.1) is 0 Å². The van der Waals surface area contributed by atoms with Crippen molar-refractivity contribution in [1.82, 2.24) is 0 Å². The fraction of sp³-hybridized carbons (Fsp3) is 0.263. The number of carbonyl (C=O) groups is 2. The zero-order valence-electron chi connectivity index (χ0n) is 13.9. The summed E-state index contributed by atoms with van der Waals surface area (Å²) < 4.78 is 0. The maximum absolute atomic E-state index is 11.9. The molecule has 2 aromatic rings. The van der Waals surface area contributed by atoms with Crippen molar-refractivity contribution < 1.29 is 9.59 Å². The van der Waals surface area contributed by atoms with Gasteiger partial charge in [-0.05, 0) is 43.2 Å². The van der Waals surface area contributed by atoms with Crippen molar-refractivity contribution >= 4 is 40.5 Å². The summed E-state index contributed by atoms with van der Waals surface area (Å²) in [4.78, 5) is 23.7. The number of hydrogen-bond acceptors (Lipinski definition) is 3. The average Bonchev–Trinajstić information content (AvgIpc) is 2.56. The molecule has 0 heterocycles. The average molecular weight is 360 g/mol. The second-order valence-electron chi connectivity index (χ2n) is 5.76. The highest BCUT2D eigenvalue weighted by Gasteiger charge is 2.06. The molecule has 2 rings (SSSR count). The van der Waals surface area contributed by atoms with Crippen LogP contribution in [0.4, 0.5) is 17.1 Å². The predicted molar refractivity (Wildman–Crippen MR) is 103 cm³/mol. The van der Waals surface area contributed by atoms with Crippen LogP contribution in [0.5, 0.6) is 0 Å². The van der Waals surface area contributed by atoms with Gasteiger partial charge in [0, 0.05) is 24.2 Å². The van der Waals surface area contributed by atoms with Crippen LogP contribution in [0, 0.1) is 0 Å². The van der Waals surface area contributed by atoms with Crippen molar-refractivity contribution in [2.45, 2.75) is 32.1 Å². The van der Waals surface area contributed by atoms with Gasteiger partial charge in [-0.1, -0.05) is 36.2 Å². The van der Waals surface area contributed by atoms with Gasteiger partial charge < -0.3 is 16.4 Å². The number of amides is 2. The van der Waals surface area contributed by atoms with Gasteiger partial charge in [0.15, 0.2) is 0 Å². The Balaban J connectivity index is 1.60. The van der Waals surface area contributed by atoms with E-state index in [-0.39, 0.29) is 11.8 Å². The molecule has 132 valence electrons. The SMILES string of the molecule is Nc1cccc(NC(=O)CCCCCC(=O)Nc2ccccc2Cl)c1. The normalized spacial score (nSPS) is 10.3. The van der Waals surface area contributed by atoms with E-state index < -0.39 is 0 Å². The van der Waals surface area contributed by atoms with Crippen molar-refractivity contribution in [2.75, 3.05) is 16.4 Å². The monoisotopic (exact) mass is 359 g/mol. The quantitative estimate of drug-likeness (QED) is 0.481. The summed E-state index contributed by atoms with van der Waals surface area (Å²) in [6.07, 6.45) is 3.08. The van der Waals surface area contributed by atoms with Gasteiger partial charge in [-0.3, -0.25) is 9.59 Å². The standard InChI is InChI=1S/C19H22ClN3O2/c20-16-9-4-5-10-17(16)23-19(25)12-3-1-2-11-18(24)22-15-8-6-7-14(21)13-15/h4-10,13H,1-3,11-12,21H2,(H,22,24)(H,23,25). The lowest BCUT2D eigenvalue weighted by atomic mass is 10.1. The first kappa shape index (κ1) is 18.8. The summed E-state index contributed by atoms with van der Waals surface area (Å²) >= 11 is 6.00. The molecular weight excluding hydrogens is 338 g/mol. The molecule has 6 heteroatoms. The van der Waals surface area contributed by atoms with Gasteiger partial charge in [0.2, 0.25) is 11.8 Å². The maximum Gasteiger partial charge on any atom is 0.224 e. The van der Waals surface area contributed by atoms with Crippen molar-refractivity contribution in [1.29, 1.82) is 0 Å². The summed E-state index contributed by atoms with van der Waals surface area (Å²) in [5.74, 6) is -0.122. The number of nitrogens with one attached hydrogen (secondary N) is 2. The fourth-order valence-corrected chi connectivity index (χ4v) is 2.55. The minimum atomic E-state index is -0.0719. The van der Waals surface area contributed by atoms with Crippen molar-refractivity contribution in [3.8, 4) is 0 Å². The number of nitrogens with two attached hydrogens (primary N) is 1. The Bertz CT molecular complexity index is 734. The first-order chi connectivity index (χ1) is 12.0. The lowest BCUT2D eigenvalue weighted by molar-refractivity contribution is -0.116. The predicted octanol–water partition coefficient (Wildman–Crippen LogP) is 4.45. The van der Waals surface area contributed by atoms with Crippen LogP contribution < -0.4 is 16.4 Å². The number of rotatable bonds is 8.